The number of H-pyrrole nitrogens is 1. The Balaban J connectivity index is 0.673. The summed E-state index contributed by atoms with van der Waals surface area (Å²) in [6.07, 6.45) is 7.15. The van der Waals surface area contributed by atoms with Gasteiger partial charge in [-0.1, -0.05) is 41.9 Å². The van der Waals surface area contributed by atoms with Crippen LogP contribution in [0.25, 0.3) is 22.2 Å². The van der Waals surface area contributed by atoms with Gasteiger partial charge in [0.05, 0.1) is 39.3 Å². The van der Waals surface area contributed by atoms with Gasteiger partial charge in [0.2, 0.25) is 17.7 Å². The van der Waals surface area contributed by atoms with Gasteiger partial charge in [-0.15, -0.1) is 0 Å². The normalized spacial score (nSPS) is 17.6. The van der Waals surface area contributed by atoms with Gasteiger partial charge >= 0.3 is 0 Å². The number of carbonyl (C=O) groups is 6. The Labute approximate surface area is 535 Å². The second-order valence-electron chi connectivity index (χ2n) is 23.6. The topological polar surface area (TPSA) is 297 Å². The number of piperidine rings is 2. The number of likely N-dealkylation sites (tertiary alicyclic amines) is 1. The molecule has 0 spiro atoms. The van der Waals surface area contributed by atoms with Crippen molar-refractivity contribution < 1.29 is 56.3 Å². The summed E-state index contributed by atoms with van der Waals surface area (Å²) < 4.78 is 48.4. The molecule has 0 radical (unpaired) electrons. The zero-order valence-electron chi connectivity index (χ0n) is 50.2. The highest BCUT2D eigenvalue weighted by Gasteiger charge is 2.46. The maximum absolute atomic E-state index is 14.2. The molecule has 12 rings (SSSR count). The molecule has 0 saturated carbocycles. The minimum atomic E-state index is -4.64. The number of aromatic nitrogens is 2. The molecule has 1 unspecified atom stereocenters. The fourth-order valence-electron chi connectivity index (χ4n) is 12.5. The van der Waals surface area contributed by atoms with Crippen molar-refractivity contribution in [2.45, 2.75) is 68.8 Å². The van der Waals surface area contributed by atoms with Crippen LogP contribution in [0.4, 0.5) is 22.7 Å². The highest BCUT2D eigenvalue weighted by atomic mass is 35.5. The number of sulfonamides is 1. The van der Waals surface area contributed by atoms with Crippen LogP contribution in [0.15, 0.2) is 126 Å². The first-order chi connectivity index (χ1) is 44.5. The summed E-state index contributed by atoms with van der Waals surface area (Å²) in [6.45, 7) is 6.59. The predicted molar refractivity (Wildman–Crippen MR) is 342 cm³/mol. The Morgan fingerprint density at radius 3 is 2.34 bits per heavy atom. The summed E-state index contributed by atoms with van der Waals surface area (Å²) in [4.78, 5) is 105. The second-order valence-corrected chi connectivity index (χ2v) is 25.7. The first-order valence-corrected chi connectivity index (χ1v) is 32.7. The highest BCUT2D eigenvalue weighted by molar-refractivity contribution is 7.90. The van der Waals surface area contributed by atoms with Gasteiger partial charge in [0.25, 0.3) is 33.4 Å². The number of anilines is 3. The molecule has 5 N–H and O–H groups in total. The number of imide groups is 2. The van der Waals surface area contributed by atoms with Crippen molar-refractivity contribution in [2.75, 3.05) is 87.7 Å². The molecule has 26 heteroatoms. The van der Waals surface area contributed by atoms with Crippen molar-refractivity contribution in [1.29, 1.82) is 0 Å². The van der Waals surface area contributed by atoms with Gasteiger partial charge < -0.3 is 39.6 Å². The van der Waals surface area contributed by atoms with E-state index in [1.165, 1.54) is 24.4 Å². The highest BCUT2D eigenvalue weighted by Crippen LogP contribution is 2.38. The van der Waals surface area contributed by atoms with E-state index in [4.69, 9.17) is 25.8 Å². The molecule has 7 aromatic rings. The smallest absolute Gasteiger partial charge is 0.293 e. The van der Waals surface area contributed by atoms with E-state index in [-0.39, 0.29) is 65.1 Å². The summed E-state index contributed by atoms with van der Waals surface area (Å²) in [6, 6.07) is 29.6. The van der Waals surface area contributed by atoms with Crippen LogP contribution in [0.1, 0.15) is 88.0 Å². The van der Waals surface area contributed by atoms with Crippen LogP contribution in [-0.2, 0) is 35.7 Å². The molecule has 7 heterocycles. The summed E-state index contributed by atoms with van der Waals surface area (Å²) in [7, 11) is -4.64. The van der Waals surface area contributed by atoms with Gasteiger partial charge in [-0.05, 0) is 128 Å². The zero-order chi connectivity index (χ0) is 64.0. The van der Waals surface area contributed by atoms with Crippen LogP contribution in [0.5, 0.6) is 17.2 Å². The van der Waals surface area contributed by atoms with E-state index in [0.29, 0.717) is 107 Å². The number of nitrogens with one attached hydrogen (secondary N) is 5. The number of amides is 6. The number of rotatable bonds is 22. The van der Waals surface area contributed by atoms with Crippen molar-refractivity contribution in [2.24, 2.45) is 11.8 Å². The molecule has 4 saturated heterocycles. The van der Waals surface area contributed by atoms with E-state index >= 15 is 0 Å². The van der Waals surface area contributed by atoms with Crippen LogP contribution in [0.3, 0.4) is 0 Å². The standard InChI is InChI=1S/C66H68ClN11O13S/c67-45-11-9-43(10-12-45)49-4-2-7-57(90-40-42-20-26-76(27-21-42)60(80)8-3-24-68-54-6-1-5-51-61(54)66(84)77(65(51)83)55-17-18-59(79)72-64(55)82)52(49)39-74-28-30-75(31-29-74)46-13-15-50(58(35-46)91-47-34-44-19-25-69-62(44)71-38-47)63(81)73-92(87,88)48-14-16-53(56(36-48)78(85)86)70-37-41-22-32-89-33-23-41/h1-2,4-7,9-16,19,25,34-36,38,41-42,55,68,70H,3,8,17-18,20-24,26-33,37,39-40H2,(H,69,71)(H,73,81)(H,72,79,82). The first-order valence-electron chi connectivity index (χ1n) is 30.8. The lowest BCUT2D eigenvalue weighted by molar-refractivity contribution is -0.384. The summed E-state index contributed by atoms with van der Waals surface area (Å²) in [5.41, 5.74) is 4.73. The van der Waals surface area contributed by atoms with Crippen LogP contribution >= 0.6 is 11.6 Å². The summed E-state index contributed by atoms with van der Waals surface area (Å²) in [5.74, 6) is -1.76. The Kier molecular flexibility index (Phi) is 18.8. The molecule has 24 nitrogen and oxygen atoms in total. The van der Waals surface area contributed by atoms with Gasteiger partial charge in [0.15, 0.2) is 0 Å². The van der Waals surface area contributed by atoms with E-state index in [9.17, 15) is 47.3 Å². The predicted octanol–water partition coefficient (Wildman–Crippen LogP) is 8.77. The quantitative estimate of drug-likeness (QED) is 0.0183. The Hall–Kier alpha value is -9.43. The third kappa shape index (κ3) is 14.0. The number of hydrogen-bond donors (Lipinski definition) is 5. The number of fused-ring (bicyclic) bond motifs is 2. The molecular formula is C66H68ClN11O13S. The van der Waals surface area contributed by atoms with Crippen molar-refractivity contribution in [1.82, 2.24) is 34.7 Å². The van der Waals surface area contributed by atoms with Gasteiger partial charge in [-0.2, -0.15) is 0 Å². The molecule has 92 heavy (non-hydrogen) atoms. The molecule has 6 amide bonds. The van der Waals surface area contributed by atoms with Crippen LogP contribution < -0.4 is 35.0 Å². The Morgan fingerprint density at radius 2 is 1.57 bits per heavy atom. The maximum atomic E-state index is 14.2. The second kappa shape index (κ2) is 27.6. The number of hydrogen-bond acceptors (Lipinski definition) is 18. The number of nitro benzene ring substituents is 1. The average molecular weight is 1290 g/mol. The number of ether oxygens (including phenoxy) is 3. The third-order valence-corrected chi connectivity index (χ3v) is 19.2. The molecule has 2 aromatic heterocycles. The number of nitrogens with zero attached hydrogens (tertiary/aromatic N) is 6. The average Bonchev–Trinajstić information content (AvgIpc) is 1.63. The molecular weight excluding hydrogens is 1220 g/mol. The van der Waals surface area contributed by atoms with E-state index in [1.807, 2.05) is 47.4 Å². The lowest BCUT2D eigenvalue weighted by Crippen LogP contribution is -2.54. The molecule has 478 valence electrons. The van der Waals surface area contributed by atoms with E-state index in [2.05, 4.69) is 46.5 Å². The molecule has 0 aliphatic carbocycles. The van der Waals surface area contributed by atoms with Crippen LogP contribution in [-0.4, -0.2) is 152 Å². The SMILES string of the molecule is O=C1CCC(N2C(=O)c3cccc(NCCCC(=O)N4CCC(COc5cccc(-c6ccc(Cl)cc6)c5CN5CCN(c6ccc(C(=O)NS(=O)(=O)c7ccc(NCC8CCOCC8)c([N+](=O)[O-])c7)c(Oc7cnc8[nH]ccc8c7)c6)CC5)CC4)c3C2=O)C(=O)N1. The zero-order valence-corrected chi connectivity index (χ0v) is 51.8. The number of benzene rings is 5. The minimum Gasteiger partial charge on any atom is -0.493 e. The van der Waals surface area contributed by atoms with Gasteiger partial charge in [-0.3, -0.25) is 54.0 Å². The number of carbonyl (C=O) groups excluding carboxylic acids is 6. The molecule has 1 atom stereocenters. The lowest BCUT2D eigenvalue weighted by Gasteiger charge is -2.37. The minimum absolute atomic E-state index is 0.0213. The lowest BCUT2D eigenvalue weighted by atomic mass is 9.96. The summed E-state index contributed by atoms with van der Waals surface area (Å²) in [5, 5.41) is 22.1. The van der Waals surface area contributed by atoms with Gasteiger partial charge in [-0.25, -0.2) is 18.1 Å². The summed E-state index contributed by atoms with van der Waals surface area (Å²) >= 11 is 6.37. The molecule has 5 aliphatic rings. The number of aromatic amines is 1. The molecule has 0 bridgehead atoms. The van der Waals surface area contributed by atoms with Gasteiger partial charge in [0.1, 0.15) is 34.6 Å². The Bertz CT molecular complexity index is 4110. The van der Waals surface area contributed by atoms with Crippen LogP contribution in [0.2, 0.25) is 5.02 Å². The fourth-order valence-corrected chi connectivity index (χ4v) is 13.6. The number of piperazine rings is 1. The fraction of sp³-hybridized carbons (Fsp3) is 0.348. The maximum Gasteiger partial charge on any atom is 0.293 e. The van der Waals surface area contributed by atoms with Crippen molar-refractivity contribution >= 4 is 90.9 Å². The van der Waals surface area contributed by atoms with Gasteiger partial charge in [0, 0.05) is 131 Å². The van der Waals surface area contributed by atoms with Crippen molar-refractivity contribution in [3.05, 3.63) is 159 Å². The number of halogens is 1. The van der Waals surface area contributed by atoms with Crippen molar-refractivity contribution in [3.8, 4) is 28.4 Å². The molecule has 5 aliphatic heterocycles. The number of nitro groups is 1. The first kappa shape index (κ1) is 62.7. The van der Waals surface area contributed by atoms with E-state index in [0.717, 1.165) is 70.2 Å². The van der Waals surface area contributed by atoms with Crippen LogP contribution in [0, 0.1) is 22.0 Å². The van der Waals surface area contributed by atoms with Crippen molar-refractivity contribution in [3.63, 3.8) is 0 Å². The molecule has 4 fully saturated rings. The monoisotopic (exact) mass is 1290 g/mol. The third-order valence-electron chi connectivity index (χ3n) is 17.6. The largest absolute Gasteiger partial charge is 0.493 e. The van der Waals surface area contributed by atoms with E-state index in [1.54, 1.807) is 42.6 Å². The molecule has 5 aromatic carbocycles. The Morgan fingerprint density at radius 1 is 0.793 bits per heavy atom. The number of pyridine rings is 1. The van der Waals surface area contributed by atoms with E-state index < -0.39 is 61.1 Å².